The van der Waals surface area contributed by atoms with Crippen LogP contribution in [0.4, 0.5) is 0 Å². The number of carbonyl (C=O) groups is 2. The van der Waals surface area contributed by atoms with Crippen LogP contribution in [0, 0.1) is 0 Å². The van der Waals surface area contributed by atoms with Gasteiger partial charge in [-0.1, -0.05) is 185 Å². The number of carbonyl (C=O) groups excluding carboxylic acids is 2. The number of hydrogen-bond donors (Lipinski definition) is 0. The van der Waals surface area contributed by atoms with E-state index in [0.29, 0.717) is 12.8 Å². The minimum absolute atomic E-state index is 0. The molecule has 0 aliphatic carbocycles. The third-order valence-corrected chi connectivity index (χ3v) is 11.4. The van der Waals surface area contributed by atoms with E-state index in [9.17, 15) is 22.6 Å². The van der Waals surface area contributed by atoms with Crippen LogP contribution >= 0.6 is 0 Å². The summed E-state index contributed by atoms with van der Waals surface area (Å²) in [6.07, 6.45) is 47.5. The molecule has 0 aliphatic heterocycles. The first-order valence-electron chi connectivity index (χ1n) is 23.1. The van der Waals surface area contributed by atoms with Crippen LogP contribution in [0.1, 0.15) is 240 Å². The van der Waals surface area contributed by atoms with E-state index in [2.05, 4.69) is 38.2 Å². The molecule has 0 fully saturated rings. The van der Waals surface area contributed by atoms with Gasteiger partial charge in [0.05, 0.1) is 29.2 Å². The summed E-state index contributed by atoms with van der Waals surface area (Å²) in [5.74, 6) is -1.81. The van der Waals surface area contributed by atoms with Gasteiger partial charge in [0.25, 0.3) is 0 Å². The average molecular weight is 825 g/mol. The summed E-state index contributed by atoms with van der Waals surface area (Å²) in [7, 11) is -5.02. The number of unbranched alkanes of at least 4 members (excludes halogenated alkanes) is 28. The second-order valence-electron chi connectivity index (χ2n) is 15.7. The fourth-order valence-electron chi connectivity index (χ4n) is 7.01. The minimum atomic E-state index is -5.02. The van der Waals surface area contributed by atoms with Gasteiger partial charge in [0, 0.05) is 0 Å². The molecule has 0 spiro atoms. The Morgan fingerprint density at radius 2 is 0.807 bits per heavy atom. The van der Waals surface area contributed by atoms with Crippen LogP contribution in [0.25, 0.3) is 0 Å². The van der Waals surface area contributed by atoms with E-state index >= 15 is 0 Å². The largest absolute Gasteiger partial charge is 1.00 e. The maximum Gasteiger partial charge on any atom is 1.00 e. The molecule has 0 saturated heterocycles. The number of esters is 2. The van der Waals surface area contributed by atoms with Crippen molar-refractivity contribution < 1.29 is 61.6 Å². The summed E-state index contributed by atoms with van der Waals surface area (Å²) in [6, 6.07) is 3.63. The molecule has 9 heteroatoms. The fourth-order valence-corrected chi connectivity index (χ4v) is 7.69. The molecule has 7 nitrogen and oxygen atoms in total. The molecule has 322 valence electrons. The van der Waals surface area contributed by atoms with Crippen molar-refractivity contribution in [3.05, 3.63) is 53.6 Å². The van der Waals surface area contributed by atoms with Gasteiger partial charge in [0.1, 0.15) is 10.1 Å². The molecule has 0 aromatic heterocycles. The topological polar surface area (TPSA) is 110 Å². The molecule has 1 aromatic rings. The average Bonchev–Trinajstić information content (AvgIpc) is 3.18. The van der Waals surface area contributed by atoms with Crippen molar-refractivity contribution in [1.82, 2.24) is 0 Å². The standard InChI is InChI=1S/C48H82O7S.Na/c1-3-5-7-9-11-13-15-17-19-21-23-25-27-29-31-33-35-37-42-54-47(49)44-40-39-41-45(56(51,52)53)46(44)48(50)55-43-38-36-34-32-30-28-26-24-22-20-18-16-14-12-10-8-6-4-2;/h17-20,39-41H,3-16,21-38,42-43H2,1-2H3,(H,51,52,53);/q;+1/p-1/b19-17+,20-18+;. The molecule has 0 aliphatic rings. The van der Waals surface area contributed by atoms with E-state index in [4.69, 9.17) is 9.47 Å². The van der Waals surface area contributed by atoms with E-state index < -0.39 is 32.5 Å². The molecule has 1 rings (SSSR count). The first-order chi connectivity index (χ1) is 27.3. The van der Waals surface area contributed by atoms with E-state index in [1.54, 1.807) is 0 Å². The number of ether oxygens (including phenoxy) is 2. The van der Waals surface area contributed by atoms with Gasteiger partial charge in [-0.05, 0) is 76.3 Å². The number of allylic oxidation sites excluding steroid dienone is 4. The first-order valence-corrected chi connectivity index (χ1v) is 24.5. The van der Waals surface area contributed by atoms with Crippen molar-refractivity contribution in [3.8, 4) is 0 Å². The third kappa shape index (κ3) is 32.1. The van der Waals surface area contributed by atoms with Crippen molar-refractivity contribution in [2.75, 3.05) is 13.2 Å². The molecular formula is C48H81NaO7S. The van der Waals surface area contributed by atoms with Crippen molar-refractivity contribution in [2.45, 2.75) is 224 Å². The maximum atomic E-state index is 13.0. The summed E-state index contributed by atoms with van der Waals surface area (Å²) in [6.45, 7) is 4.75. The van der Waals surface area contributed by atoms with Gasteiger partial charge in [-0.3, -0.25) is 0 Å². The van der Waals surface area contributed by atoms with E-state index in [1.165, 1.54) is 160 Å². The molecule has 57 heavy (non-hydrogen) atoms. The van der Waals surface area contributed by atoms with Gasteiger partial charge in [-0.15, -0.1) is 0 Å². The summed E-state index contributed by atoms with van der Waals surface area (Å²) < 4.78 is 46.8. The van der Waals surface area contributed by atoms with Crippen LogP contribution in [0.15, 0.2) is 47.4 Å². The monoisotopic (exact) mass is 825 g/mol. The molecular weight excluding hydrogens is 744 g/mol. The Labute approximate surface area is 372 Å². The fraction of sp³-hybridized carbons (Fsp3) is 0.750. The SMILES string of the molecule is CCCCCCCC/C=C/CCCCCCCCCCOC(=O)c1cccc(S(=O)(=O)[O-])c1C(=O)OCCCCCCCCCC/C=C/CCCCCCCC.[Na+]. The Morgan fingerprint density at radius 3 is 1.16 bits per heavy atom. The Kier molecular flexibility index (Phi) is 39.0. The summed E-state index contributed by atoms with van der Waals surface area (Å²) in [5.41, 5.74) is -0.782. The van der Waals surface area contributed by atoms with E-state index in [1.807, 2.05) is 0 Å². The molecule has 0 bridgehead atoms. The Balaban J connectivity index is 0.0000314. The quantitative estimate of drug-likeness (QED) is 0.0214. The predicted molar refractivity (Wildman–Crippen MR) is 232 cm³/mol. The van der Waals surface area contributed by atoms with Crippen LogP contribution in [-0.4, -0.2) is 38.1 Å². The van der Waals surface area contributed by atoms with Gasteiger partial charge in [-0.25, -0.2) is 18.0 Å². The number of rotatable bonds is 39. The molecule has 0 N–H and O–H groups in total. The van der Waals surface area contributed by atoms with Crippen LogP contribution in [-0.2, 0) is 19.6 Å². The van der Waals surface area contributed by atoms with Gasteiger partial charge < -0.3 is 14.0 Å². The van der Waals surface area contributed by atoms with Gasteiger partial charge >= 0.3 is 41.5 Å². The van der Waals surface area contributed by atoms with Crippen LogP contribution < -0.4 is 29.6 Å². The predicted octanol–water partition coefficient (Wildman–Crippen LogP) is 11.5. The van der Waals surface area contributed by atoms with Gasteiger partial charge in [-0.2, -0.15) is 0 Å². The third-order valence-electron chi connectivity index (χ3n) is 10.5. The molecule has 0 saturated carbocycles. The van der Waals surface area contributed by atoms with E-state index in [0.717, 1.165) is 51.0 Å². The van der Waals surface area contributed by atoms with Crippen molar-refractivity contribution in [2.24, 2.45) is 0 Å². The zero-order valence-electron chi connectivity index (χ0n) is 36.8. The van der Waals surface area contributed by atoms with Crippen molar-refractivity contribution >= 4 is 22.1 Å². The van der Waals surface area contributed by atoms with Gasteiger partial charge in [0.15, 0.2) is 0 Å². The Bertz CT molecular complexity index is 1280. The second kappa shape index (κ2) is 40.0. The normalized spacial score (nSPS) is 11.7. The van der Waals surface area contributed by atoms with Crippen LogP contribution in [0.3, 0.4) is 0 Å². The molecule has 0 heterocycles. The number of hydrogen-bond acceptors (Lipinski definition) is 7. The first kappa shape index (κ1) is 55.5. The molecule has 0 atom stereocenters. The molecule has 0 unspecified atom stereocenters. The minimum Gasteiger partial charge on any atom is -0.744 e. The van der Waals surface area contributed by atoms with Crippen LogP contribution in [0.2, 0.25) is 0 Å². The zero-order chi connectivity index (χ0) is 40.8. The summed E-state index contributed by atoms with van der Waals surface area (Å²) in [5, 5.41) is 0. The van der Waals surface area contributed by atoms with Crippen molar-refractivity contribution in [3.63, 3.8) is 0 Å². The second-order valence-corrected chi connectivity index (χ2v) is 17.0. The Hall–Kier alpha value is -1.45. The smallest absolute Gasteiger partial charge is 0.744 e. The summed E-state index contributed by atoms with van der Waals surface area (Å²) in [4.78, 5) is 25.2. The van der Waals surface area contributed by atoms with E-state index in [-0.39, 0.29) is 48.3 Å². The molecule has 0 radical (unpaired) electrons. The Morgan fingerprint density at radius 1 is 0.491 bits per heavy atom. The van der Waals surface area contributed by atoms with Crippen molar-refractivity contribution in [1.29, 1.82) is 0 Å². The molecule has 0 amide bonds. The summed E-state index contributed by atoms with van der Waals surface area (Å²) >= 11 is 0. The number of benzene rings is 1. The van der Waals surface area contributed by atoms with Crippen LogP contribution in [0.5, 0.6) is 0 Å². The molecule has 1 aromatic carbocycles. The van der Waals surface area contributed by atoms with Gasteiger partial charge in [0.2, 0.25) is 0 Å². The zero-order valence-corrected chi connectivity index (χ0v) is 39.7. The maximum absolute atomic E-state index is 13.0.